The van der Waals surface area contributed by atoms with Crippen molar-refractivity contribution in [3.63, 3.8) is 0 Å². The summed E-state index contributed by atoms with van der Waals surface area (Å²) in [7, 11) is 0. The van der Waals surface area contributed by atoms with E-state index in [1.165, 1.54) is 18.4 Å². The maximum atomic E-state index is 12.3. The molecule has 7 nitrogen and oxygen atoms in total. The molecule has 28 heavy (non-hydrogen) atoms. The third-order valence-electron chi connectivity index (χ3n) is 4.77. The van der Waals surface area contributed by atoms with Crippen LogP contribution in [0.25, 0.3) is 17.2 Å². The van der Waals surface area contributed by atoms with Gasteiger partial charge in [0.15, 0.2) is 18.1 Å². The molecule has 144 valence electrons. The zero-order valence-electron chi connectivity index (χ0n) is 15.2. The standard InChI is InChI=1S/C21H20N2O5/c24-19(14-27-20(25)8-7-16-4-3-13-26-16)23-11-9-15(10-12-23)21-22-17-5-1-2-6-18(17)28-21/h1-8,13,15H,9-12,14H2/b8-7+. The number of furan rings is 1. The van der Waals surface area contributed by atoms with Gasteiger partial charge >= 0.3 is 5.97 Å². The molecule has 0 radical (unpaired) electrons. The van der Waals surface area contributed by atoms with Crippen molar-refractivity contribution in [2.75, 3.05) is 19.7 Å². The van der Waals surface area contributed by atoms with E-state index in [9.17, 15) is 9.59 Å². The van der Waals surface area contributed by atoms with Crippen LogP contribution < -0.4 is 0 Å². The van der Waals surface area contributed by atoms with E-state index in [0.717, 1.165) is 29.8 Å². The molecule has 0 bridgehead atoms. The molecule has 0 saturated carbocycles. The number of ether oxygens (including phenoxy) is 1. The van der Waals surface area contributed by atoms with E-state index in [0.29, 0.717) is 18.8 Å². The van der Waals surface area contributed by atoms with Crippen molar-refractivity contribution >= 4 is 29.1 Å². The second-order valence-corrected chi connectivity index (χ2v) is 6.63. The molecule has 0 aliphatic carbocycles. The molecule has 7 heteroatoms. The highest BCUT2D eigenvalue weighted by Gasteiger charge is 2.27. The first kappa shape index (κ1) is 18.0. The largest absolute Gasteiger partial charge is 0.465 e. The van der Waals surface area contributed by atoms with Gasteiger partial charge in [-0.15, -0.1) is 0 Å². The fraction of sp³-hybridized carbons (Fsp3) is 0.286. The summed E-state index contributed by atoms with van der Waals surface area (Å²) in [5.41, 5.74) is 1.64. The fourth-order valence-corrected chi connectivity index (χ4v) is 3.25. The van der Waals surface area contributed by atoms with Crippen molar-refractivity contribution in [3.05, 3.63) is 60.4 Å². The molecule has 1 fully saturated rings. The second-order valence-electron chi connectivity index (χ2n) is 6.63. The summed E-state index contributed by atoms with van der Waals surface area (Å²) in [4.78, 5) is 30.3. The van der Waals surface area contributed by atoms with Gasteiger partial charge in [0, 0.05) is 25.1 Å². The maximum Gasteiger partial charge on any atom is 0.331 e. The van der Waals surface area contributed by atoms with Crippen LogP contribution in [0.15, 0.2) is 57.6 Å². The van der Waals surface area contributed by atoms with E-state index in [4.69, 9.17) is 13.6 Å². The Hall–Kier alpha value is -3.35. The number of hydrogen-bond donors (Lipinski definition) is 0. The number of piperidine rings is 1. The number of fused-ring (bicyclic) bond motifs is 1. The summed E-state index contributed by atoms with van der Waals surface area (Å²) in [6.45, 7) is 0.902. The van der Waals surface area contributed by atoms with Crippen LogP contribution in [0, 0.1) is 0 Å². The number of para-hydroxylation sites is 2. The molecule has 3 heterocycles. The minimum atomic E-state index is -0.578. The SMILES string of the molecule is O=C(/C=C/c1ccco1)OCC(=O)N1CCC(c2nc3ccccc3o2)CC1. The summed E-state index contributed by atoms with van der Waals surface area (Å²) in [6, 6.07) is 11.1. The van der Waals surface area contributed by atoms with Crippen LogP contribution >= 0.6 is 0 Å². The Labute approximate surface area is 161 Å². The van der Waals surface area contributed by atoms with Crippen LogP contribution in [-0.2, 0) is 14.3 Å². The van der Waals surface area contributed by atoms with E-state index >= 15 is 0 Å². The summed E-state index contributed by atoms with van der Waals surface area (Å²) in [5, 5.41) is 0. The Balaban J connectivity index is 1.25. The molecule has 3 aromatic rings. The van der Waals surface area contributed by atoms with E-state index in [2.05, 4.69) is 4.98 Å². The molecule has 1 aromatic carbocycles. The number of amides is 1. The highest BCUT2D eigenvalue weighted by molar-refractivity contribution is 5.89. The monoisotopic (exact) mass is 380 g/mol. The van der Waals surface area contributed by atoms with Gasteiger partial charge in [0.05, 0.1) is 6.26 Å². The Bertz CT molecular complexity index is 948. The lowest BCUT2D eigenvalue weighted by molar-refractivity contribution is -0.148. The number of rotatable bonds is 5. The first-order valence-electron chi connectivity index (χ1n) is 9.20. The van der Waals surface area contributed by atoms with Crippen LogP contribution in [-0.4, -0.2) is 41.5 Å². The third kappa shape index (κ3) is 4.14. The number of hydrogen-bond acceptors (Lipinski definition) is 6. The molecule has 1 aliphatic heterocycles. The van der Waals surface area contributed by atoms with Crippen molar-refractivity contribution < 1.29 is 23.2 Å². The third-order valence-corrected chi connectivity index (χ3v) is 4.77. The number of oxazole rings is 1. The lowest BCUT2D eigenvalue weighted by atomic mass is 9.97. The van der Waals surface area contributed by atoms with Crippen LogP contribution in [0.1, 0.15) is 30.4 Å². The number of nitrogens with zero attached hydrogens (tertiary/aromatic N) is 2. The average Bonchev–Trinajstić information content (AvgIpc) is 3.40. The lowest BCUT2D eigenvalue weighted by Crippen LogP contribution is -2.40. The number of likely N-dealkylation sites (tertiary alicyclic amines) is 1. The molecule has 0 N–H and O–H groups in total. The van der Waals surface area contributed by atoms with Gasteiger partial charge in [-0.25, -0.2) is 9.78 Å². The highest BCUT2D eigenvalue weighted by atomic mass is 16.5. The zero-order chi connectivity index (χ0) is 19.3. The average molecular weight is 380 g/mol. The van der Waals surface area contributed by atoms with Gasteiger partial charge in [-0.3, -0.25) is 4.79 Å². The van der Waals surface area contributed by atoms with Gasteiger partial charge in [-0.2, -0.15) is 0 Å². The molecule has 0 spiro atoms. The number of aromatic nitrogens is 1. The Morgan fingerprint density at radius 3 is 2.75 bits per heavy atom. The van der Waals surface area contributed by atoms with Crippen molar-refractivity contribution in [2.24, 2.45) is 0 Å². The highest BCUT2D eigenvalue weighted by Crippen LogP contribution is 2.29. The van der Waals surface area contributed by atoms with Gasteiger partial charge in [0.2, 0.25) is 0 Å². The molecule has 1 amide bonds. The number of benzene rings is 1. The van der Waals surface area contributed by atoms with E-state index in [1.807, 2.05) is 24.3 Å². The molecule has 1 saturated heterocycles. The van der Waals surface area contributed by atoms with Gasteiger partial charge in [0.1, 0.15) is 11.3 Å². The molecule has 2 aromatic heterocycles. The van der Waals surface area contributed by atoms with Gasteiger partial charge in [0.25, 0.3) is 5.91 Å². The summed E-state index contributed by atoms with van der Waals surface area (Å²) in [5.74, 6) is 0.685. The quantitative estimate of drug-likeness (QED) is 0.498. The van der Waals surface area contributed by atoms with Crippen LogP contribution in [0.3, 0.4) is 0 Å². The number of carbonyl (C=O) groups excluding carboxylic acids is 2. The normalized spacial score (nSPS) is 15.4. The van der Waals surface area contributed by atoms with E-state index in [-0.39, 0.29) is 18.4 Å². The first-order chi connectivity index (χ1) is 13.7. The maximum absolute atomic E-state index is 12.3. The van der Waals surface area contributed by atoms with Crippen molar-refractivity contribution in [1.29, 1.82) is 0 Å². The van der Waals surface area contributed by atoms with E-state index < -0.39 is 5.97 Å². The predicted octanol–water partition coefficient (Wildman–Crippen LogP) is 3.38. The molecule has 0 atom stereocenters. The number of esters is 1. The van der Waals surface area contributed by atoms with Gasteiger partial charge in [-0.05, 0) is 43.2 Å². The van der Waals surface area contributed by atoms with E-state index in [1.54, 1.807) is 17.0 Å². The smallest absolute Gasteiger partial charge is 0.331 e. The zero-order valence-corrected chi connectivity index (χ0v) is 15.2. The minimum Gasteiger partial charge on any atom is -0.465 e. The van der Waals surface area contributed by atoms with Crippen molar-refractivity contribution in [1.82, 2.24) is 9.88 Å². The second kappa shape index (κ2) is 8.12. The van der Waals surface area contributed by atoms with Crippen LogP contribution in [0.2, 0.25) is 0 Å². The van der Waals surface area contributed by atoms with Crippen molar-refractivity contribution in [3.8, 4) is 0 Å². The molecular weight excluding hydrogens is 360 g/mol. The molecule has 0 unspecified atom stereocenters. The van der Waals surface area contributed by atoms with Gasteiger partial charge < -0.3 is 18.5 Å². The first-order valence-corrected chi connectivity index (χ1v) is 9.20. The Morgan fingerprint density at radius 1 is 1.18 bits per heavy atom. The molecule has 1 aliphatic rings. The van der Waals surface area contributed by atoms with Crippen molar-refractivity contribution in [2.45, 2.75) is 18.8 Å². The molecular formula is C21H20N2O5. The minimum absolute atomic E-state index is 0.190. The topological polar surface area (TPSA) is 85.8 Å². The Kier molecular flexibility index (Phi) is 5.23. The summed E-state index contributed by atoms with van der Waals surface area (Å²) < 4.78 is 15.9. The van der Waals surface area contributed by atoms with Crippen LogP contribution in [0.4, 0.5) is 0 Å². The summed E-state index contributed by atoms with van der Waals surface area (Å²) >= 11 is 0. The predicted molar refractivity (Wildman–Crippen MR) is 101 cm³/mol. The fourth-order valence-electron chi connectivity index (χ4n) is 3.25. The molecule has 4 rings (SSSR count). The Morgan fingerprint density at radius 2 is 2.00 bits per heavy atom. The summed E-state index contributed by atoms with van der Waals surface area (Å²) in [6.07, 6.45) is 5.79. The van der Waals surface area contributed by atoms with Crippen LogP contribution in [0.5, 0.6) is 0 Å². The number of carbonyl (C=O) groups is 2. The van der Waals surface area contributed by atoms with Gasteiger partial charge in [-0.1, -0.05) is 12.1 Å². The lowest BCUT2D eigenvalue weighted by Gasteiger charge is -2.30.